The van der Waals surface area contributed by atoms with E-state index in [-0.39, 0.29) is 5.97 Å². The Morgan fingerprint density at radius 2 is 2.33 bits per heavy atom. The van der Waals surface area contributed by atoms with E-state index in [1.807, 2.05) is 16.7 Å². The molecule has 6 nitrogen and oxygen atoms in total. The Hall–Kier alpha value is -1.95. The number of nitrogens with zero attached hydrogens (tertiary/aromatic N) is 4. The van der Waals surface area contributed by atoms with Crippen molar-refractivity contribution in [2.24, 2.45) is 5.92 Å². The summed E-state index contributed by atoms with van der Waals surface area (Å²) in [6.07, 6.45) is 5.24. The van der Waals surface area contributed by atoms with Crippen LogP contribution in [0.25, 0.3) is 5.65 Å². The monoisotopic (exact) mass is 288 g/mol. The van der Waals surface area contributed by atoms with Gasteiger partial charge in [0.25, 0.3) is 0 Å². The topological polar surface area (TPSA) is 59.7 Å². The first kappa shape index (κ1) is 14.0. The number of carbonyl (C=O) groups is 1. The SMILES string of the molecule is COC(=O)c1cccn2c(CC3CCCN(C)C3)nnc12. The molecule has 0 bridgehead atoms. The van der Waals surface area contributed by atoms with Gasteiger partial charge in [0.2, 0.25) is 0 Å². The van der Waals surface area contributed by atoms with Gasteiger partial charge in [0.05, 0.1) is 7.11 Å². The van der Waals surface area contributed by atoms with Crippen molar-refractivity contribution in [3.05, 3.63) is 29.7 Å². The fraction of sp³-hybridized carbons (Fsp3) is 0.533. The van der Waals surface area contributed by atoms with Crippen molar-refractivity contribution in [2.45, 2.75) is 19.3 Å². The first-order chi connectivity index (χ1) is 10.2. The van der Waals surface area contributed by atoms with E-state index in [0.717, 1.165) is 18.8 Å². The Balaban J connectivity index is 1.88. The predicted octanol–water partition coefficient (Wildman–Crippen LogP) is 1.40. The van der Waals surface area contributed by atoms with Gasteiger partial charge in [-0.15, -0.1) is 10.2 Å². The Bertz CT molecular complexity index is 652. The maximum absolute atomic E-state index is 11.8. The molecule has 21 heavy (non-hydrogen) atoms. The second-order valence-corrected chi connectivity index (χ2v) is 5.70. The molecule has 3 rings (SSSR count). The van der Waals surface area contributed by atoms with Crippen molar-refractivity contribution in [1.82, 2.24) is 19.5 Å². The summed E-state index contributed by atoms with van der Waals surface area (Å²) < 4.78 is 6.69. The lowest BCUT2D eigenvalue weighted by atomic mass is 9.95. The largest absolute Gasteiger partial charge is 0.465 e. The summed E-state index contributed by atoms with van der Waals surface area (Å²) >= 11 is 0. The van der Waals surface area contributed by atoms with E-state index >= 15 is 0 Å². The number of pyridine rings is 1. The molecule has 112 valence electrons. The van der Waals surface area contributed by atoms with Crippen LogP contribution in [0.2, 0.25) is 0 Å². The van der Waals surface area contributed by atoms with Crippen molar-refractivity contribution < 1.29 is 9.53 Å². The van der Waals surface area contributed by atoms with E-state index in [1.54, 1.807) is 6.07 Å². The second-order valence-electron chi connectivity index (χ2n) is 5.70. The average Bonchev–Trinajstić information content (AvgIpc) is 2.90. The first-order valence-electron chi connectivity index (χ1n) is 7.28. The van der Waals surface area contributed by atoms with Crippen molar-refractivity contribution in [3.63, 3.8) is 0 Å². The number of aromatic nitrogens is 3. The third-order valence-corrected chi connectivity index (χ3v) is 4.10. The van der Waals surface area contributed by atoms with Crippen LogP contribution in [0.1, 0.15) is 29.0 Å². The number of ether oxygens (including phenoxy) is 1. The van der Waals surface area contributed by atoms with Crippen LogP contribution in [0.4, 0.5) is 0 Å². The third-order valence-electron chi connectivity index (χ3n) is 4.10. The Morgan fingerprint density at radius 3 is 3.10 bits per heavy atom. The molecule has 0 spiro atoms. The lowest BCUT2D eigenvalue weighted by molar-refractivity contribution is 0.0602. The van der Waals surface area contributed by atoms with E-state index in [0.29, 0.717) is 17.1 Å². The van der Waals surface area contributed by atoms with Gasteiger partial charge in [0.1, 0.15) is 11.4 Å². The van der Waals surface area contributed by atoms with Crippen molar-refractivity contribution >= 4 is 11.6 Å². The maximum atomic E-state index is 11.8. The molecule has 0 radical (unpaired) electrons. The zero-order valence-corrected chi connectivity index (χ0v) is 12.5. The van der Waals surface area contributed by atoms with Crippen molar-refractivity contribution in [1.29, 1.82) is 0 Å². The van der Waals surface area contributed by atoms with Gasteiger partial charge in [-0.25, -0.2) is 4.79 Å². The van der Waals surface area contributed by atoms with Crippen molar-refractivity contribution in [3.8, 4) is 0 Å². The number of hydrogen-bond acceptors (Lipinski definition) is 5. The highest BCUT2D eigenvalue weighted by molar-refractivity contribution is 5.95. The summed E-state index contributed by atoms with van der Waals surface area (Å²) in [4.78, 5) is 14.1. The van der Waals surface area contributed by atoms with Crippen LogP contribution in [0.3, 0.4) is 0 Å². The first-order valence-corrected chi connectivity index (χ1v) is 7.28. The molecule has 1 aliphatic heterocycles. The molecule has 0 saturated carbocycles. The number of hydrogen-bond donors (Lipinski definition) is 0. The van der Waals surface area contributed by atoms with Crippen LogP contribution in [-0.2, 0) is 11.2 Å². The Kier molecular flexibility index (Phi) is 3.88. The molecule has 0 amide bonds. The van der Waals surface area contributed by atoms with Gasteiger partial charge < -0.3 is 9.64 Å². The Labute approximate surface area is 123 Å². The van der Waals surface area contributed by atoms with Crippen LogP contribution >= 0.6 is 0 Å². The minimum absolute atomic E-state index is 0.378. The molecule has 1 saturated heterocycles. The van der Waals surface area contributed by atoms with E-state index < -0.39 is 0 Å². The molecule has 3 heterocycles. The second kappa shape index (κ2) is 5.81. The smallest absolute Gasteiger partial charge is 0.341 e. The molecule has 1 unspecified atom stereocenters. The molecule has 1 atom stereocenters. The standard InChI is InChI=1S/C15H20N4O2/c1-18-7-3-5-11(10-18)9-13-16-17-14-12(15(20)21-2)6-4-8-19(13)14/h4,6,8,11H,3,5,7,9-10H2,1-2H3. The van der Waals surface area contributed by atoms with Gasteiger partial charge in [-0.05, 0) is 44.5 Å². The molecular formula is C15H20N4O2. The van der Waals surface area contributed by atoms with Gasteiger partial charge in [-0.3, -0.25) is 4.40 Å². The number of carbonyl (C=O) groups excluding carboxylic acids is 1. The van der Waals surface area contributed by atoms with Crippen LogP contribution < -0.4 is 0 Å². The number of piperidine rings is 1. The number of likely N-dealkylation sites (tertiary alicyclic amines) is 1. The van der Waals surface area contributed by atoms with Crippen LogP contribution in [0.15, 0.2) is 18.3 Å². The van der Waals surface area contributed by atoms with E-state index in [4.69, 9.17) is 4.74 Å². The molecule has 1 fully saturated rings. The van der Waals surface area contributed by atoms with Crippen LogP contribution in [-0.4, -0.2) is 52.7 Å². The zero-order chi connectivity index (χ0) is 14.8. The molecule has 0 aromatic carbocycles. The summed E-state index contributed by atoms with van der Waals surface area (Å²) in [6, 6.07) is 3.55. The summed E-state index contributed by atoms with van der Waals surface area (Å²) in [6.45, 7) is 2.26. The lowest BCUT2D eigenvalue weighted by Crippen LogP contribution is -2.33. The zero-order valence-electron chi connectivity index (χ0n) is 12.5. The molecule has 0 aliphatic carbocycles. The van der Waals surface area contributed by atoms with Gasteiger partial charge >= 0.3 is 5.97 Å². The van der Waals surface area contributed by atoms with Gasteiger partial charge in [0, 0.05) is 19.2 Å². The molecule has 0 N–H and O–H groups in total. The van der Waals surface area contributed by atoms with Gasteiger partial charge in [0.15, 0.2) is 5.65 Å². The molecule has 6 heteroatoms. The molecular weight excluding hydrogens is 268 g/mol. The number of methoxy groups -OCH3 is 1. The van der Waals surface area contributed by atoms with Crippen LogP contribution in [0, 0.1) is 5.92 Å². The predicted molar refractivity (Wildman–Crippen MR) is 78.3 cm³/mol. The molecule has 1 aliphatic rings. The van der Waals surface area contributed by atoms with E-state index in [9.17, 15) is 4.79 Å². The minimum Gasteiger partial charge on any atom is -0.465 e. The summed E-state index contributed by atoms with van der Waals surface area (Å²) in [5.41, 5.74) is 1.03. The summed E-state index contributed by atoms with van der Waals surface area (Å²) in [5.74, 6) is 1.13. The third kappa shape index (κ3) is 2.76. The quantitative estimate of drug-likeness (QED) is 0.799. The maximum Gasteiger partial charge on any atom is 0.341 e. The average molecular weight is 288 g/mol. The Morgan fingerprint density at radius 1 is 1.48 bits per heavy atom. The van der Waals surface area contributed by atoms with Crippen LogP contribution in [0.5, 0.6) is 0 Å². The van der Waals surface area contributed by atoms with E-state index in [2.05, 4.69) is 22.1 Å². The molecule has 2 aromatic heterocycles. The number of fused-ring (bicyclic) bond motifs is 1. The highest BCUT2D eigenvalue weighted by Gasteiger charge is 2.21. The number of rotatable bonds is 3. The van der Waals surface area contributed by atoms with Crippen molar-refractivity contribution in [2.75, 3.05) is 27.2 Å². The number of esters is 1. The minimum atomic E-state index is -0.378. The molecule has 2 aromatic rings. The summed E-state index contributed by atoms with van der Waals surface area (Å²) in [5, 5.41) is 8.45. The highest BCUT2D eigenvalue weighted by atomic mass is 16.5. The lowest BCUT2D eigenvalue weighted by Gasteiger charge is -2.29. The highest BCUT2D eigenvalue weighted by Crippen LogP contribution is 2.20. The fourth-order valence-electron chi connectivity index (χ4n) is 3.07. The van der Waals surface area contributed by atoms with Gasteiger partial charge in [-0.2, -0.15) is 0 Å². The summed E-state index contributed by atoms with van der Waals surface area (Å²) in [7, 11) is 3.53. The van der Waals surface area contributed by atoms with E-state index in [1.165, 1.54) is 26.5 Å². The normalized spacial score (nSPS) is 19.8. The fourth-order valence-corrected chi connectivity index (χ4v) is 3.07. The van der Waals surface area contributed by atoms with Gasteiger partial charge in [-0.1, -0.05) is 0 Å².